The maximum Gasteiger partial charge on any atom is 0.410 e. The largest absolute Gasteiger partial charge is 0.444 e. The van der Waals surface area contributed by atoms with Crippen molar-refractivity contribution in [3.05, 3.63) is 82.3 Å². The van der Waals surface area contributed by atoms with Crippen LogP contribution in [0.15, 0.2) is 36.8 Å². The summed E-state index contributed by atoms with van der Waals surface area (Å²) < 4.78 is 61.7. The number of carbonyl (C=O) groups excluding carboxylic acids is 2. The van der Waals surface area contributed by atoms with Crippen LogP contribution in [-0.4, -0.2) is 38.6 Å². The number of amides is 2. The van der Waals surface area contributed by atoms with Gasteiger partial charge in [0.25, 0.3) is 5.91 Å². The van der Waals surface area contributed by atoms with E-state index in [2.05, 4.69) is 10.3 Å². The molecule has 1 aliphatic heterocycles. The van der Waals surface area contributed by atoms with Crippen LogP contribution in [-0.2, 0) is 24.2 Å². The summed E-state index contributed by atoms with van der Waals surface area (Å²) in [5.74, 6) is -5.23. The molecule has 3 aromatic rings. The van der Waals surface area contributed by atoms with Gasteiger partial charge >= 0.3 is 6.09 Å². The van der Waals surface area contributed by atoms with Crippen molar-refractivity contribution in [2.24, 2.45) is 0 Å². The Hall–Kier alpha value is -3.89. The van der Waals surface area contributed by atoms with Gasteiger partial charge in [-0.05, 0) is 62.6 Å². The minimum Gasteiger partial charge on any atom is -0.444 e. The van der Waals surface area contributed by atoms with Crippen LogP contribution in [0.2, 0.25) is 0 Å². The third-order valence-corrected chi connectivity index (χ3v) is 5.49. The first-order valence-electron chi connectivity index (χ1n) is 11.2. The molecule has 2 aromatic carbocycles. The maximum absolute atomic E-state index is 14.9. The van der Waals surface area contributed by atoms with E-state index in [-0.39, 0.29) is 30.0 Å². The van der Waals surface area contributed by atoms with Gasteiger partial charge in [-0.25, -0.2) is 27.3 Å². The third kappa shape index (κ3) is 5.67. The van der Waals surface area contributed by atoms with Crippen LogP contribution >= 0.6 is 0 Å². The standard InChI is InChI=1S/C25H24F4N4O3/c1-25(2,3)36-24(35)33-5-4-15-8-16(9-18(26)17(15)11-33)23(34)31-21-12-32(13-30-21)10-14-6-19(27)22(29)20(28)7-14/h6-9,12-13H,4-5,10-11H2,1-3H3,(H,31,34). The molecule has 0 saturated carbocycles. The highest BCUT2D eigenvalue weighted by atomic mass is 19.2. The number of carbonyl (C=O) groups is 2. The lowest BCUT2D eigenvalue weighted by Crippen LogP contribution is -2.40. The summed E-state index contributed by atoms with van der Waals surface area (Å²) in [6.07, 6.45) is 2.57. The van der Waals surface area contributed by atoms with Crippen LogP contribution in [0.5, 0.6) is 0 Å². The van der Waals surface area contributed by atoms with E-state index in [1.54, 1.807) is 26.8 Å². The fraction of sp³-hybridized carbons (Fsp3) is 0.320. The van der Waals surface area contributed by atoms with E-state index in [0.717, 1.165) is 18.2 Å². The molecule has 36 heavy (non-hydrogen) atoms. The van der Waals surface area contributed by atoms with Crippen molar-refractivity contribution < 1.29 is 31.9 Å². The summed E-state index contributed by atoms with van der Waals surface area (Å²) in [7, 11) is 0. The molecule has 7 nitrogen and oxygen atoms in total. The Balaban J connectivity index is 1.43. The number of rotatable bonds is 4. The summed E-state index contributed by atoms with van der Waals surface area (Å²) in [5, 5.41) is 2.55. The molecule has 0 radical (unpaired) electrons. The predicted molar refractivity (Wildman–Crippen MR) is 122 cm³/mol. The molecule has 11 heteroatoms. The first-order chi connectivity index (χ1) is 16.9. The lowest BCUT2D eigenvalue weighted by molar-refractivity contribution is 0.0221. The number of hydrogen-bond donors (Lipinski definition) is 1. The Labute approximate surface area is 204 Å². The van der Waals surface area contributed by atoms with Gasteiger partial charge in [0.1, 0.15) is 11.4 Å². The van der Waals surface area contributed by atoms with Crippen molar-refractivity contribution in [2.75, 3.05) is 11.9 Å². The van der Waals surface area contributed by atoms with E-state index in [9.17, 15) is 27.2 Å². The number of anilines is 1. The summed E-state index contributed by atoms with van der Waals surface area (Å²) in [6.45, 7) is 5.59. The van der Waals surface area contributed by atoms with Gasteiger partial charge in [-0.1, -0.05) is 0 Å². The average molecular weight is 504 g/mol. The van der Waals surface area contributed by atoms with Crippen molar-refractivity contribution >= 4 is 17.8 Å². The van der Waals surface area contributed by atoms with Crippen LogP contribution in [0.25, 0.3) is 0 Å². The summed E-state index contributed by atoms with van der Waals surface area (Å²) in [6, 6.07) is 4.40. The normalized spacial score (nSPS) is 13.4. The van der Waals surface area contributed by atoms with Gasteiger partial charge in [0.15, 0.2) is 23.3 Å². The van der Waals surface area contributed by atoms with Crippen molar-refractivity contribution in [2.45, 2.75) is 45.9 Å². The lowest BCUT2D eigenvalue weighted by Gasteiger charge is -2.31. The van der Waals surface area contributed by atoms with Gasteiger partial charge < -0.3 is 19.5 Å². The molecule has 1 aromatic heterocycles. The van der Waals surface area contributed by atoms with Crippen LogP contribution < -0.4 is 5.32 Å². The Morgan fingerprint density at radius 1 is 1.06 bits per heavy atom. The Kier molecular flexibility index (Phi) is 6.75. The van der Waals surface area contributed by atoms with E-state index in [1.807, 2.05) is 0 Å². The third-order valence-electron chi connectivity index (χ3n) is 5.49. The smallest absolute Gasteiger partial charge is 0.410 e. The number of aromatic nitrogens is 2. The zero-order valence-corrected chi connectivity index (χ0v) is 19.9. The van der Waals surface area contributed by atoms with Crippen LogP contribution in [0.1, 0.15) is 47.8 Å². The van der Waals surface area contributed by atoms with Crippen molar-refractivity contribution in [1.29, 1.82) is 0 Å². The number of nitrogens with one attached hydrogen (secondary N) is 1. The number of ether oxygens (including phenoxy) is 1. The minimum atomic E-state index is -1.55. The number of hydrogen-bond acceptors (Lipinski definition) is 4. The van der Waals surface area contributed by atoms with E-state index in [4.69, 9.17) is 4.74 Å². The van der Waals surface area contributed by atoms with Crippen LogP contribution in [0, 0.1) is 23.3 Å². The van der Waals surface area contributed by atoms with Crippen molar-refractivity contribution in [3.8, 4) is 0 Å². The molecule has 0 saturated heterocycles. The topological polar surface area (TPSA) is 76.5 Å². The average Bonchev–Trinajstić information content (AvgIpc) is 3.22. The number of nitrogens with zero attached hydrogens (tertiary/aromatic N) is 3. The summed E-state index contributed by atoms with van der Waals surface area (Å²) >= 11 is 0. The SMILES string of the molecule is CC(C)(C)OC(=O)N1CCc2cc(C(=O)Nc3cn(Cc4cc(F)c(F)c(F)c4)cn3)cc(F)c2C1. The number of imidazole rings is 1. The van der Waals surface area contributed by atoms with Crippen molar-refractivity contribution in [1.82, 2.24) is 14.5 Å². The van der Waals surface area contributed by atoms with Crippen LogP contribution in [0.3, 0.4) is 0 Å². The molecule has 190 valence electrons. The predicted octanol–water partition coefficient (Wildman–Crippen LogP) is 5.03. The molecule has 0 fully saturated rings. The fourth-order valence-electron chi connectivity index (χ4n) is 3.84. The van der Waals surface area contributed by atoms with E-state index >= 15 is 0 Å². The second-order valence-corrected chi connectivity index (χ2v) is 9.51. The molecule has 1 aliphatic rings. The highest BCUT2D eigenvalue weighted by Gasteiger charge is 2.28. The molecule has 4 rings (SSSR count). The lowest BCUT2D eigenvalue weighted by atomic mass is 9.96. The Bertz CT molecular complexity index is 1310. The fourth-order valence-corrected chi connectivity index (χ4v) is 3.84. The second kappa shape index (κ2) is 9.63. The van der Waals surface area contributed by atoms with E-state index in [1.165, 1.54) is 22.0 Å². The molecule has 0 bridgehead atoms. The molecule has 0 spiro atoms. The molecule has 0 atom stereocenters. The highest BCUT2D eigenvalue weighted by Crippen LogP contribution is 2.25. The minimum absolute atomic E-state index is 0.0153. The molecule has 0 aliphatic carbocycles. The Morgan fingerprint density at radius 2 is 1.75 bits per heavy atom. The zero-order valence-electron chi connectivity index (χ0n) is 19.9. The number of halogens is 4. The molecular weight excluding hydrogens is 480 g/mol. The van der Waals surface area contributed by atoms with Gasteiger partial charge in [-0.3, -0.25) is 4.79 Å². The van der Waals surface area contributed by atoms with Gasteiger partial charge in [0.05, 0.1) is 12.9 Å². The maximum atomic E-state index is 14.9. The van der Waals surface area contributed by atoms with E-state index < -0.39 is 40.9 Å². The first kappa shape index (κ1) is 25.2. The Morgan fingerprint density at radius 3 is 2.42 bits per heavy atom. The first-order valence-corrected chi connectivity index (χ1v) is 11.2. The van der Waals surface area contributed by atoms with Gasteiger partial charge in [0.2, 0.25) is 0 Å². The number of fused-ring (bicyclic) bond motifs is 1. The molecular formula is C25H24F4N4O3. The summed E-state index contributed by atoms with van der Waals surface area (Å²) in [4.78, 5) is 30.5. The van der Waals surface area contributed by atoms with Crippen LogP contribution in [0.4, 0.5) is 28.2 Å². The highest BCUT2D eigenvalue weighted by molar-refractivity contribution is 6.03. The quantitative estimate of drug-likeness (QED) is 0.399. The van der Waals surface area contributed by atoms with Gasteiger partial charge in [-0.2, -0.15) is 0 Å². The summed E-state index contributed by atoms with van der Waals surface area (Å²) in [5.41, 5.74) is 0.515. The van der Waals surface area contributed by atoms with Gasteiger partial charge in [0, 0.05) is 30.4 Å². The number of benzene rings is 2. The molecule has 2 heterocycles. The molecule has 2 amide bonds. The zero-order chi connectivity index (χ0) is 26.2. The van der Waals surface area contributed by atoms with E-state index in [0.29, 0.717) is 24.1 Å². The molecule has 0 unspecified atom stereocenters. The monoisotopic (exact) mass is 504 g/mol. The van der Waals surface area contributed by atoms with Gasteiger partial charge in [-0.15, -0.1) is 0 Å². The second-order valence-electron chi connectivity index (χ2n) is 9.51. The molecule has 1 N–H and O–H groups in total. The van der Waals surface area contributed by atoms with Crippen molar-refractivity contribution in [3.63, 3.8) is 0 Å².